The van der Waals surface area contributed by atoms with Crippen molar-refractivity contribution in [3.05, 3.63) is 54.3 Å². The van der Waals surface area contributed by atoms with Gasteiger partial charge in [0.25, 0.3) is 6.47 Å². The maximum atomic E-state index is 14.2. The van der Waals surface area contributed by atoms with Crippen LogP contribution in [0.25, 0.3) is 0 Å². The standard InChI is InChI=1S/C23H37FN4OP2S.C5H8O.CH2O2/c1-26-12-10-21(29)25-22(26)32-17-6-4-2-3-5-11-27-13-15-28(16-14-27)20-9-7-8-19(18-20)23(24,30)31;1-3-4-5(2)6;2-1-3/h7-10,12,18,22H,2-6,11,13-17,30-31H2,1H3,(H,25,29);3-4H,1-2H3;1H,(H,2,3)/b;4-3+;. The van der Waals surface area contributed by atoms with Crippen molar-refractivity contribution >= 4 is 54.1 Å². The number of nitrogens with zero attached hydrogens (tertiary/aromatic N) is 3. The molecule has 0 aromatic heterocycles. The summed E-state index contributed by atoms with van der Waals surface area (Å²) in [6.45, 7) is 8.39. The maximum absolute atomic E-state index is 14.2. The van der Waals surface area contributed by atoms with Crippen molar-refractivity contribution in [1.82, 2.24) is 15.1 Å². The molecule has 8 nitrogen and oxygen atoms in total. The molecule has 0 bridgehead atoms. The van der Waals surface area contributed by atoms with Crippen LogP contribution in [0.2, 0.25) is 0 Å². The fraction of sp³-hybridized carbons (Fsp3) is 0.552. The smallest absolute Gasteiger partial charge is 0.290 e. The van der Waals surface area contributed by atoms with Crippen molar-refractivity contribution in [3.63, 3.8) is 0 Å². The second kappa shape index (κ2) is 20.8. The lowest BCUT2D eigenvalue weighted by atomic mass is 10.1. The van der Waals surface area contributed by atoms with Gasteiger partial charge >= 0.3 is 0 Å². The van der Waals surface area contributed by atoms with Gasteiger partial charge in [0, 0.05) is 51.2 Å². The number of rotatable bonds is 12. The van der Waals surface area contributed by atoms with Gasteiger partial charge < -0.3 is 20.2 Å². The number of alkyl halides is 1. The van der Waals surface area contributed by atoms with E-state index >= 15 is 0 Å². The van der Waals surface area contributed by atoms with Crippen molar-refractivity contribution < 1.29 is 23.9 Å². The highest BCUT2D eigenvalue weighted by Gasteiger charge is 2.22. The minimum Gasteiger partial charge on any atom is -0.483 e. The Morgan fingerprint density at radius 3 is 2.39 bits per heavy atom. The molecular formula is C29H47FN4O4P2S. The topological polar surface area (TPSA) is 93.2 Å². The van der Waals surface area contributed by atoms with E-state index in [1.165, 1.54) is 51.6 Å². The fourth-order valence-electron chi connectivity index (χ4n) is 4.26. The minimum atomic E-state index is -1.46. The summed E-state index contributed by atoms with van der Waals surface area (Å²) < 4.78 is 14.2. The van der Waals surface area contributed by atoms with Gasteiger partial charge in [-0.15, -0.1) is 11.8 Å². The Balaban J connectivity index is 0.000000815. The lowest BCUT2D eigenvalue weighted by Gasteiger charge is -2.36. The van der Waals surface area contributed by atoms with E-state index in [-0.39, 0.29) is 23.7 Å². The van der Waals surface area contributed by atoms with Crippen LogP contribution < -0.4 is 10.2 Å². The average Bonchev–Trinajstić information content (AvgIpc) is 2.93. The molecular weight excluding hydrogens is 581 g/mol. The first-order valence-electron chi connectivity index (χ1n) is 13.9. The predicted octanol–water partition coefficient (Wildman–Crippen LogP) is 5.03. The van der Waals surface area contributed by atoms with Gasteiger partial charge in [0.1, 0.15) is 5.50 Å². The molecule has 2 aliphatic rings. The summed E-state index contributed by atoms with van der Waals surface area (Å²) in [5.74, 6) is 1.18. The van der Waals surface area contributed by atoms with Gasteiger partial charge in [0.15, 0.2) is 10.9 Å². The van der Waals surface area contributed by atoms with Crippen LogP contribution in [0.3, 0.4) is 0 Å². The van der Waals surface area contributed by atoms with Crippen molar-refractivity contribution in [3.8, 4) is 0 Å². The first kappa shape index (κ1) is 37.0. The number of amides is 1. The van der Waals surface area contributed by atoms with Crippen molar-refractivity contribution in [1.29, 1.82) is 0 Å². The van der Waals surface area contributed by atoms with Crippen LogP contribution in [0.5, 0.6) is 0 Å². The number of thioether (sulfide) groups is 1. The van der Waals surface area contributed by atoms with Gasteiger partial charge in [-0.1, -0.05) is 56.0 Å². The van der Waals surface area contributed by atoms with Gasteiger partial charge in [-0.2, -0.15) is 0 Å². The van der Waals surface area contributed by atoms with E-state index in [4.69, 9.17) is 9.90 Å². The van der Waals surface area contributed by atoms with Crippen molar-refractivity contribution in [2.45, 2.75) is 56.6 Å². The number of halogens is 1. The van der Waals surface area contributed by atoms with E-state index in [0.29, 0.717) is 5.56 Å². The Morgan fingerprint density at radius 1 is 1.17 bits per heavy atom. The molecule has 3 unspecified atom stereocenters. The number of benzene rings is 1. The Labute approximate surface area is 254 Å². The number of unbranched alkanes of at least 4 members (excludes halogenated alkanes) is 4. The molecule has 1 amide bonds. The highest BCUT2D eigenvalue weighted by Crippen LogP contribution is 2.41. The number of allylic oxidation sites excluding steroid dienone is 2. The summed E-state index contributed by atoms with van der Waals surface area (Å²) >= 11 is 1.80. The normalized spacial score (nSPS) is 17.3. The van der Waals surface area contributed by atoms with E-state index < -0.39 is 5.15 Å². The first-order valence-corrected chi connectivity index (χ1v) is 16.1. The number of carbonyl (C=O) groups excluding carboxylic acids is 2. The third-order valence-corrected chi connectivity index (χ3v) is 8.38. The molecule has 2 N–H and O–H groups in total. The van der Waals surface area contributed by atoms with Crippen LogP contribution in [0.15, 0.2) is 48.7 Å². The number of carbonyl (C=O) groups is 3. The summed E-state index contributed by atoms with van der Waals surface area (Å²) in [5.41, 5.74) is 1.86. The zero-order valence-corrected chi connectivity index (χ0v) is 27.6. The molecule has 0 spiro atoms. The largest absolute Gasteiger partial charge is 0.483 e. The van der Waals surface area contributed by atoms with Crippen LogP contribution >= 0.6 is 30.2 Å². The van der Waals surface area contributed by atoms with Gasteiger partial charge in [0.05, 0.1) is 0 Å². The highest BCUT2D eigenvalue weighted by atomic mass is 32.2. The van der Waals surface area contributed by atoms with Crippen molar-refractivity contribution in [2.75, 3.05) is 50.4 Å². The Kier molecular flexibility index (Phi) is 18.8. The monoisotopic (exact) mass is 628 g/mol. The molecule has 1 saturated heterocycles. The highest BCUT2D eigenvalue weighted by molar-refractivity contribution is 7.99. The molecule has 0 radical (unpaired) electrons. The Hall–Kier alpha value is -1.99. The minimum absolute atomic E-state index is 0.00291. The molecule has 12 heteroatoms. The third kappa shape index (κ3) is 16.3. The van der Waals surface area contributed by atoms with Crippen LogP contribution in [0, 0.1) is 0 Å². The summed E-state index contributed by atoms with van der Waals surface area (Å²) in [5, 5.41) is 8.40. The average molecular weight is 629 g/mol. The summed E-state index contributed by atoms with van der Waals surface area (Å²) in [6.07, 6.45) is 12.9. The number of anilines is 1. The molecule has 2 heterocycles. The maximum Gasteiger partial charge on any atom is 0.290 e. The second-order valence-electron chi connectivity index (χ2n) is 9.84. The summed E-state index contributed by atoms with van der Waals surface area (Å²) in [6, 6.07) is 7.82. The van der Waals surface area contributed by atoms with Crippen LogP contribution in [-0.4, -0.2) is 84.1 Å². The molecule has 1 aromatic carbocycles. The summed E-state index contributed by atoms with van der Waals surface area (Å²) in [7, 11) is 6.49. The van der Waals surface area contributed by atoms with E-state index in [1.807, 2.05) is 43.3 Å². The molecule has 3 rings (SSSR count). The molecule has 1 fully saturated rings. The molecule has 230 valence electrons. The first-order chi connectivity index (χ1) is 19.5. The van der Waals surface area contributed by atoms with Crippen LogP contribution in [-0.2, 0) is 19.5 Å². The van der Waals surface area contributed by atoms with Gasteiger partial charge in [-0.05, 0) is 62.8 Å². The number of hydrogen-bond donors (Lipinski definition) is 2. The molecule has 3 atom stereocenters. The molecule has 1 aromatic rings. The molecule has 0 saturated carbocycles. The summed E-state index contributed by atoms with van der Waals surface area (Å²) in [4.78, 5) is 36.7. The molecule has 0 aliphatic carbocycles. The lowest BCUT2D eigenvalue weighted by Crippen LogP contribution is -2.46. The third-order valence-electron chi connectivity index (χ3n) is 6.42. The van der Waals surface area contributed by atoms with E-state index in [2.05, 4.69) is 39.7 Å². The number of piperazine rings is 1. The zero-order chi connectivity index (χ0) is 30.7. The van der Waals surface area contributed by atoms with Gasteiger partial charge in [0.2, 0.25) is 5.91 Å². The number of ketones is 1. The number of carboxylic acid groups (broad SMARTS) is 1. The van der Waals surface area contributed by atoms with E-state index in [9.17, 15) is 14.0 Å². The predicted molar refractivity (Wildman–Crippen MR) is 176 cm³/mol. The fourth-order valence-corrected chi connectivity index (χ4v) is 5.72. The SMILES string of the molecule is C/C=C/C(C)=O.CN1C=CC(=O)NC1SCCCCCCCN1CCN(c2cccc(C(F)(P)P)c2)CC1.O=CO. The van der Waals surface area contributed by atoms with Gasteiger partial charge in [-0.25, -0.2) is 4.39 Å². The van der Waals surface area contributed by atoms with Crippen LogP contribution in [0.4, 0.5) is 10.1 Å². The Bertz CT molecular complexity index is 986. The van der Waals surface area contributed by atoms with Gasteiger partial charge in [-0.3, -0.25) is 19.3 Å². The number of hydrogen-bond acceptors (Lipinski definition) is 7. The van der Waals surface area contributed by atoms with Crippen molar-refractivity contribution in [2.24, 2.45) is 0 Å². The van der Waals surface area contributed by atoms with Crippen LogP contribution in [0.1, 0.15) is 51.5 Å². The molecule has 2 aliphatic heterocycles. The molecule has 41 heavy (non-hydrogen) atoms. The zero-order valence-electron chi connectivity index (χ0n) is 24.5. The Morgan fingerprint density at radius 2 is 1.80 bits per heavy atom. The lowest BCUT2D eigenvalue weighted by molar-refractivity contribution is -0.123. The van der Waals surface area contributed by atoms with E-state index in [0.717, 1.165) is 37.6 Å². The quantitative estimate of drug-likeness (QED) is 0.144. The van der Waals surface area contributed by atoms with E-state index in [1.54, 1.807) is 23.9 Å². The number of nitrogens with one attached hydrogen (secondary N) is 1. The second-order valence-corrected chi connectivity index (χ2v) is 13.4.